The Morgan fingerprint density at radius 2 is 1.81 bits per heavy atom. The summed E-state index contributed by atoms with van der Waals surface area (Å²) in [6.45, 7) is 2.11. The number of aryl methyl sites for hydroxylation is 1. The molecule has 1 aromatic carbocycles. The minimum atomic E-state index is 1.02. The van der Waals surface area contributed by atoms with Crippen molar-refractivity contribution in [2.75, 3.05) is 11.9 Å². The number of nitrogens with zero attached hydrogens (tertiary/aromatic N) is 1. The van der Waals surface area contributed by atoms with E-state index in [1.807, 2.05) is 0 Å². The summed E-state index contributed by atoms with van der Waals surface area (Å²) in [5, 5.41) is 0. The molecule has 0 aromatic heterocycles. The lowest BCUT2D eigenvalue weighted by atomic mass is 10.2. The molecule has 1 heteroatoms. The van der Waals surface area contributed by atoms with Gasteiger partial charge in [-0.2, -0.15) is 0 Å². The molecular weight excluding hydrogens is 194 g/mol. The molecule has 1 aromatic rings. The zero-order valence-corrected chi connectivity index (χ0v) is 9.85. The number of rotatable bonds is 2. The van der Waals surface area contributed by atoms with Gasteiger partial charge in [-0.3, -0.25) is 0 Å². The maximum Gasteiger partial charge on any atom is 0.0408 e. The fraction of sp³-hybridized carbons (Fsp3) is 0.200. The van der Waals surface area contributed by atoms with Gasteiger partial charge in [0.1, 0.15) is 0 Å². The second-order valence-corrected chi connectivity index (χ2v) is 4.05. The van der Waals surface area contributed by atoms with E-state index in [2.05, 4.69) is 73.5 Å². The number of hydrogen-bond acceptors (Lipinski definition) is 1. The van der Waals surface area contributed by atoms with Crippen molar-refractivity contribution in [1.29, 1.82) is 0 Å². The van der Waals surface area contributed by atoms with Gasteiger partial charge < -0.3 is 4.90 Å². The third-order valence-electron chi connectivity index (χ3n) is 2.77. The van der Waals surface area contributed by atoms with Gasteiger partial charge in [-0.25, -0.2) is 0 Å². The van der Waals surface area contributed by atoms with Gasteiger partial charge in [-0.15, -0.1) is 0 Å². The van der Waals surface area contributed by atoms with Crippen LogP contribution in [0.2, 0.25) is 0 Å². The van der Waals surface area contributed by atoms with Gasteiger partial charge in [0.05, 0.1) is 0 Å². The van der Waals surface area contributed by atoms with E-state index in [9.17, 15) is 0 Å². The Kier molecular flexibility index (Phi) is 3.25. The summed E-state index contributed by atoms with van der Waals surface area (Å²) >= 11 is 0. The highest BCUT2D eigenvalue weighted by Gasteiger charge is 2.03. The highest BCUT2D eigenvalue weighted by atomic mass is 15.1. The van der Waals surface area contributed by atoms with Crippen LogP contribution in [0.4, 0.5) is 5.69 Å². The Labute approximate surface area is 97.4 Å². The van der Waals surface area contributed by atoms with E-state index in [1.165, 1.54) is 16.9 Å². The van der Waals surface area contributed by atoms with Crippen molar-refractivity contribution in [2.45, 2.75) is 13.3 Å². The smallest absolute Gasteiger partial charge is 0.0408 e. The Bertz CT molecular complexity index is 435. The molecule has 0 saturated heterocycles. The molecule has 2 rings (SSSR count). The molecule has 16 heavy (non-hydrogen) atoms. The van der Waals surface area contributed by atoms with Gasteiger partial charge >= 0.3 is 0 Å². The van der Waals surface area contributed by atoms with Gasteiger partial charge in [0, 0.05) is 18.4 Å². The molecule has 1 aliphatic rings. The van der Waals surface area contributed by atoms with Crippen molar-refractivity contribution in [3.05, 3.63) is 65.9 Å². The van der Waals surface area contributed by atoms with Gasteiger partial charge in [0.15, 0.2) is 0 Å². The first-order valence-electron chi connectivity index (χ1n) is 5.61. The number of likely N-dealkylation sites (N-methyl/N-ethyl adjacent to an activating group) is 1. The van der Waals surface area contributed by atoms with E-state index in [-0.39, 0.29) is 0 Å². The van der Waals surface area contributed by atoms with Crippen LogP contribution in [0.5, 0.6) is 0 Å². The lowest BCUT2D eigenvalue weighted by Crippen LogP contribution is -2.14. The Morgan fingerprint density at radius 1 is 1.06 bits per heavy atom. The molecule has 1 nitrogen and oxygen atoms in total. The molecule has 82 valence electrons. The average Bonchev–Trinajstić information content (AvgIpc) is 2.57. The Balaban J connectivity index is 2.24. The zero-order chi connectivity index (χ0) is 11.4. The van der Waals surface area contributed by atoms with Crippen LogP contribution in [-0.2, 0) is 0 Å². The van der Waals surface area contributed by atoms with Gasteiger partial charge in [0.25, 0.3) is 0 Å². The summed E-state index contributed by atoms with van der Waals surface area (Å²) in [5.41, 5.74) is 3.73. The molecule has 0 N–H and O–H groups in total. The second-order valence-electron chi connectivity index (χ2n) is 4.05. The normalized spacial score (nSPS) is 14.5. The molecule has 0 amide bonds. The largest absolute Gasteiger partial charge is 0.345 e. The van der Waals surface area contributed by atoms with Crippen LogP contribution in [0.3, 0.4) is 0 Å². The first kappa shape index (κ1) is 10.7. The average molecular weight is 211 g/mol. The van der Waals surface area contributed by atoms with Crippen molar-refractivity contribution in [3.63, 3.8) is 0 Å². The van der Waals surface area contributed by atoms with Crippen molar-refractivity contribution in [3.8, 4) is 0 Å². The standard InChI is InChI=1S/C15H17N/c1-13-9-11-15(12-10-13)16(2)14-7-5-3-4-6-8-14/h3,5-12H,4H2,1-2H3. The molecule has 0 radical (unpaired) electrons. The fourth-order valence-corrected chi connectivity index (χ4v) is 1.71. The maximum absolute atomic E-state index is 2.20. The molecule has 0 atom stereocenters. The first-order chi connectivity index (χ1) is 7.77. The Hall–Kier alpha value is -1.76. The molecule has 0 unspecified atom stereocenters. The molecule has 0 saturated carbocycles. The number of allylic oxidation sites excluding steroid dienone is 5. The summed E-state index contributed by atoms with van der Waals surface area (Å²) in [6, 6.07) is 8.59. The van der Waals surface area contributed by atoms with Gasteiger partial charge in [-0.05, 0) is 37.6 Å². The summed E-state index contributed by atoms with van der Waals surface area (Å²) in [6.07, 6.45) is 11.8. The van der Waals surface area contributed by atoms with Crippen LogP contribution in [-0.4, -0.2) is 7.05 Å². The van der Waals surface area contributed by atoms with Crippen LogP contribution in [0.25, 0.3) is 0 Å². The van der Waals surface area contributed by atoms with Crippen LogP contribution in [0, 0.1) is 6.92 Å². The van der Waals surface area contributed by atoms with Crippen LogP contribution in [0.15, 0.2) is 60.3 Å². The zero-order valence-electron chi connectivity index (χ0n) is 9.85. The first-order valence-corrected chi connectivity index (χ1v) is 5.61. The van der Waals surface area contributed by atoms with E-state index in [0.717, 1.165) is 6.42 Å². The van der Waals surface area contributed by atoms with Crippen molar-refractivity contribution < 1.29 is 0 Å². The molecule has 0 bridgehead atoms. The highest BCUT2D eigenvalue weighted by molar-refractivity contribution is 5.55. The molecule has 0 heterocycles. The van der Waals surface area contributed by atoms with Crippen LogP contribution < -0.4 is 4.90 Å². The summed E-state index contributed by atoms with van der Waals surface area (Å²) in [4.78, 5) is 2.20. The predicted octanol–water partition coefficient (Wildman–Crippen LogP) is 3.83. The van der Waals surface area contributed by atoms with E-state index >= 15 is 0 Å². The highest BCUT2D eigenvalue weighted by Crippen LogP contribution is 2.19. The third kappa shape index (κ3) is 2.43. The molecule has 0 fully saturated rings. The third-order valence-corrected chi connectivity index (χ3v) is 2.77. The maximum atomic E-state index is 2.20. The number of anilines is 1. The van der Waals surface area contributed by atoms with E-state index in [1.54, 1.807) is 0 Å². The molecule has 1 aliphatic carbocycles. The summed E-state index contributed by atoms with van der Waals surface area (Å²) in [7, 11) is 2.10. The van der Waals surface area contributed by atoms with Crippen molar-refractivity contribution in [1.82, 2.24) is 0 Å². The number of benzene rings is 1. The summed E-state index contributed by atoms with van der Waals surface area (Å²) < 4.78 is 0. The lowest BCUT2D eigenvalue weighted by molar-refractivity contribution is 1.13. The topological polar surface area (TPSA) is 3.24 Å². The summed E-state index contributed by atoms with van der Waals surface area (Å²) in [5.74, 6) is 0. The lowest BCUT2D eigenvalue weighted by Gasteiger charge is -2.20. The minimum Gasteiger partial charge on any atom is -0.345 e. The van der Waals surface area contributed by atoms with Crippen molar-refractivity contribution in [2.24, 2.45) is 0 Å². The molecular formula is C15H17N. The molecule has 0 spiro atoms. The second kappa shape index (κ2) is 4.84. The Morgan fingerprint density at radius 3 is 2.56 bits per heavy atom. The number of hydrogen-bond donors (Lipinski definition) is 0. The van der Waals surface area contributed by atoms with Gasteiger partial charge in [-0.1, -0.05) is 35.9 Å². The SMILES string of the molecule is Cc1ccc(N(C)C2=CC=CCC=C2)cc1. The van der Waals surface area contributed by atoms with Gasteiger partial charge in [0.2, 0.25) is 0 Å². The molecule has 0 aliphatic heterocycles. The predicted molar refractivity (Wildman–Crippen MR) is 70.6 cm³/mol. The van der Waals surface area contributed by atoms with E-state index in [0.29, 0.717) is 0 Å². The monoisotopic (exact) mass is 211 g/mol. The van der Waals surface area contributed by atoms with Crippen molar-refractivity contribution >= 4 is 5.69 Å². The van der Waals surface area contributed by atoms with Crippen LogP contribution in [0.1, 0.15) is 12.0 Å². The van der Waals surface area contributed by atoms with Crippen LogP contribution >= 0.6 is 0 Å². The quantitative estimate of drug-likeness (QED) is 0.718. The fourth-order valence-electron chi connectivity index (χ4n) is 1.71. The van der Waals surface area contributed by atoms with E-state index < -0.39 is 0 Å². The van der Waals surface area contributed by atoms with E-state index in [4.69, 9.17) is 0 Å². The minimum absolute atomic E-state index is 1.02.